The molecule has 1 aliphatic rings. The maximum atomic E-state index is 11.3. The van der Waals surface area contributed by atoms with Crippen LogP contribution in [0.3, 0.4) is 0 Å². The van der Waals surface area contributed by atoms with Crippen molar-refractivity contribution < 1.29 is 8.42 Å². The monoisotopic (exact) mass is 364 g/mol. The molecule has 1 aromatic heterocycles. The summed E-state index contributed by atoms with van der Waals surface area (Å²) in [5.41, 5.74) is 2.04. The zero-order valence-corrected chi connectivity index (χ0v) is 15.2. The van der Waals surface area contributed by atoms with Crippen molar-refractivity contribution in [2.45, 2.75) is 18.6 Å². The second kappa shape index (κ2) is 7.11. The van der Waals surface area contributed by atoms with E-state index in [2.05, 4.69) is 22.0 Å². The van der Waals surface area contributed by atoms with Crippen LogP contribution in [0.2, 0.25) is 5.02 Å². The molecule has 128 valence electrons. The third kappa shape index (κ3) is 4.71. The summed E-state index contributed by atoms with van der Waals surface area (Å²) in [6.45, 7) is 1.96. The first-order valence-electron chi connectivity index (χ1n) is 8.01. The molecule has 1 aliphatic heterocycles. The molecule has 6 heteroatoms. The van der Waals surface area contributed by atoms with Crippen LogP contribution in [0, 0.1) is 5.92 Å². The highest BCUT2D eigenvalue weighted by molar-refractivity contribution is 7.89. The molecule has 24 heavy (non-hydrogen) atoms. The second-order valence-electron chi connectivity index (χ2n) is 6.53. The van der Waals surface area contributed by atoms with Crippen LogP contribution in [0.15, 0.2) is 42.6 Å². The van der Waals surface area contributed by atoms with E-state index in [-0.39, 0.29) is 5.75 Å². The van der Waals surface area contributed by atoms with Crippen molar-refractivity contribution in [1.29, 1.82) is 0 Å². The topological polar surface area (TPSA) is 50.3 Å². The van der Waals surface area contributed by atoms with Crippen molar-refractivity contribution in [3.05, 3.63) is 58.7 Å². The normalized spacial score (nSPS) is 18.1. The number of anilines is 1. The average Bonchev–Trinajstić information content (AvgIpc) is 2.97. The minimum atomic E-state index is -3.02. The molecule has 0 radical (unpaired) electrons. The van der Waals surface area contributed by atoms with Gasteiger partial charge in [-0.05, 0) is 48.1 Å². The van der Waals surface area contributed by atoms with Gasteiger partial charge in [0.25, 0.3) is 0 Å². The Morgan fingerprint density at radius 1 is 1.17 bits per heavy atom. The summed E-state index contributed by atoms with van der Waals surface area (Å²) >= 11 is 5.93. The third-order valence-electron chi connectivity index (χ3n) is 4.29. The van der Waals surface area contributed by atoms with E-state index in [1.807, 2.05) is 24.3 Å². The quantitative estimate of drug-likeness (QED) is 0.816. The zero-order chi connectivity index (χ0) is 17.2. The molecule has 0 bridgehead atoms. The number of nitrogens with zero attached hydrogens (tertiary/aromatic N) is 2. The number of hydrogen-bond donors (Lipinski definition) is 0. The van der Waals surface area contributed by atoms with Gasteiger partial charge in [-0.1, -0.05) is 29.8 Å². The maximum Gasteiger partial charge on any atom is 0.151 e. The number of hydrogen-bond acceptors (Lipinski definition) is 4. The van der Waals surface area contributed by atoms with E-state index < -0.39 is 9.84 Å². The molecule has 2 aromatic rings. The molecule has 1 atom stereocenters. The summed E-state index contributed by atoms with van der Waals surface area (Å²) in [7, 11) is -3.02. The predicted octanol–water partition coefficient (Wildman–Crippen LogP) is 3.35. The first kappa shape index (κ1) is 17.2. The Labute approximate surface area is 148 Å². The lowest BCUT2D eigenvalue weighted by Crippen LogP contribution is -2.21. The Hall–Kier alpha value is -1.59. The minimum Gasteiger partial charge on any atom is -0.356 e. The van der Waals surface area contributed by atoms with Crippen molar-refractivity contribution in [1.82, 2.24) is 4.98 Å². The van der Waals surface area contributed by atoms with E-state index >= 15 is 0 Å². The van der Waals surface area contributed by atoms with Crippen molar-refractivity contribution in [2.24, 2.45) is 5.92 Å². The Morgan fingerprint density at radius 3 is 2.50 bits per heavy atom. The van der Waals surface area contributed by atoms with Gasteiger partial charge in [-0.2, -0.15) is 0 Å². The Bertz CT molecular complexity index is 789. The van der Waals surface area contributed by atoms with Gasteiger partial charge in [0, 0.05) is 30.6 Å². The highest BCUT2D eigenvalue weighted by Gasteiger charge is 2.23. The van der Waals surface area contributed by atoms with Crippen molar-refractivity contribution >= 4 is 27.3 Å². The Balaban J connectivity index is 1.60. The SMILES string of the molecule is CS(=O)(=O)Cc1ccc(N2CCC(Cc3ccc(Cl)cc3)C2)nc1. The van der Waals surface area contributed by atoms with Gasteiger partial charge < -0.3 is 4.90 Å². The second-order valence-corrected chi connectivity index (χ2v) is 9.10. The molecular formula is C18H21ClN2O2S. The van der Waals surface area contributed by atoms with Gasteiger partial charge in [-0.15, -0.1) is 0 Å². The van der Waals surface area contributed by atoms with Crippen LogP contribution >= 0.6 is 11.6 Å². The summed E-state index contributed by atoms with van der Waals surface area (Å²) in [4.78, 5) is 6.71. The van der Waals surface area contributed by atoms with E-state index in [0.29, 0.717) is 5.92 Å². The largest absolute Gasteiger partial charge is 0.356 e. The highest BCUT2D eigenvalue weighted by atomic mass is 35.5. The Morgan fingerprint density at radius 2 is 1.88 bits per heavy atom. The van der Waals surface area contributed by atoms with Crippen LogP contribution in [0.25, 0.3) is 0 Å². The van der Waals surface area contributed by atoms with Gasteiger partial charge in [0.05, 0.1) is 5.75 Å². The third-order valence-corrected chi connectivity index (χ3v) is 5.40. The fraction of sp³-hybridized carbons (Fsp3) is 0.389. The summed E-state index contributed by atoms with van der Waals surface area (Å²) in [5, 5.41) is 0.769. The van der Waals surface area contributed by atoms with Crippen LogP contribution < -0.4 is 4.90 Å². The molecule has 0 saturated carbocycles. The van der Waals surface area contributed by atoms with Gasteiger partial charge in [0.1, 0.15) is 5.82 Å². The van der Waals surface area contributed by atoms with Crippen molar-refractivity contribution in [3.8, 4) is 0 Å². The number of rotatable bonds is 5. The van der Waals surface area contributed by atoms with E-state index in [0.717, 1.165) is 42.3 Å². The minimum absolute atomic E-state index is 0.0411. The first-order chi connectivity index (χ1) is 11.4. The first-order valence-corrected chi connectivity index (χ1v) is 10.4. The molecule has 2 heterocycles. The standard InChI is InChI=1S/C18H21ClN2O2S/c1-24(22,23)13-16-4-7-18(20-11-16)21-9-8-15(12-21)10-14-2-5-17(19)6-3-14/h2-7,11,15H,8-10,12-13H2,1H3. The summed E-state index contributed by atoms with van der Waals surface area (Å²) in [5.74, 6) is 1.56. The molecule has 1 fully saturated rings. The maximum absolute atomic E-state index is 11.3. The van der Waals surface area contributed by atoms with Crippen LogP contribution in [-0.2, 0) is 22.0 Å². The zero-order valence-electron chi connectivity index (χ0n) is 13.7. The van der Waals surface area contributed by atoms with Crippen LogP contribution in [0.1, 0.15) is 17.5 Å². The molecule has 0 aliphatic carbocycles. The van der Waals surface area contributed by atoms with E-state index in [4.69, 9.17) is 11.6 Å². The van der Waals surface area contributed by atoms with Crippen LogP contribution in [0.4, 0.5) is 5.82 Å². The van der Waals surface area contributed by atoms with E-state index in [1.165, 1.54) is 11.8 Å². The number of aromatic nitrogens is 1. The van der Waals surface area contributed by atoms with Crippen LogP contribution in [0.5, 0.6) is 0 Å². The molecule has 1 aromatic carbocycles. The fourth-order valence-corrected chi connectivity index (χ4v) is 4.06. The summed E-state index contributed by atoms with van der Waals surface area (Å²) in [6.07, 6.45) is 5.08. The molecule has 3 rings (SSSR count). The lowest BCUT2D eigenvalue weighted by Gasteiger charge is -2.18. The van der Waals surface area contributed by atoms with Crippen molar-refractivity contribution in [3.63, 3.8) is 0 Å². The van der Waals surface area contributed by atoms with Gasteiger partial charge in [-0.3, -0.25) is 0 Å². The molecule has 0 amide bonds. The number of sulfone groups is 1. The molecule has 0 spiro atoms. The smallest absolute Gasteiger partial charge is 0.151 e. The molecule has 1 saturated heterocycles. The van der Waals surface area contributed by atoms with E-state index in [1.54, 1.807) is 6.20 Å². The summed E-state index contributed by atoms with van der Waals surface area (Å²) < 4.78 is 22.7. The number of pyridine rings is 1. The van der Waals surface area contributed by atoms with Gasteiger partial charge in [-0.25, -0.2) is 13.4 Å². The summed E-state index contributed by atoms with van der Waals surface area (Å²) in [6, 6.07) is 11.8. The molecular weight excluding hydrogens is 344 g/mol. The van der Waals surface area contributed by atoms with E-state index in [9.17, 15) is 8.42 Å². The predicted molar refractivity (Wildman–Crippen MR) is 98.3 cm³/mol. The van der Waals surface area contributed by atoms with Gasteiger partial charge >= 0.3 is 0 Å². The van der Waals surface area contributed by atoms with Gasteiger partial charge in [0.15, 0.2) is 9.84 Å². The lowest BCUT2D eigenvalue weighted by molar-refractivity contribution is 0.586. The average molecular weight is 365 g/mol. The highest BCUT2D eigenvalue weighted by Crippen LogP contribution is 2.25. The number of halogens is 1. The lowest BCUT2D eigenvalue weighted by atomic mass is 9.99. The van der Waals surface area contributed by atoms with Crippen molar-refractivity contribution in [2.75, 3.05) is 24.2 Å². The van der Waals surface area contributed by atoms with Gasteiger partial charge in [0.2, 0.25) is 0 Å². The Kier molecular flexibility index (Phi) is 5.11. The van der Waals surface area contributed by atoms with Crippen LogP contribution in [-0.4, -0.2) is 32.7 Å². The fourth-order valence-electron chi connectivity index (χ4n) is 3.15. The number of benzene rings is 1. The molecule has 4 nitrogen and oxygen atoms in total. The molecule has 0 N–H and O–H groups in total. The molecule has 1 unspecified atom stereocenters.